The van der Waals surface area contributed by atoms with Crippen LogP contribution in [0.3, 0.4) is 0 Å². The van der Waals surface area contributed by atoms with Gasteiger partial charge in [0, 0.05) is 17.8 Å². The van der Waals surface area contributed by atoms with Gasteiger partial charge in [-0.05, 0) is 42.5 Å². The van der Waals surface area contributed by atoms with Crippen LogP contribution in [0.1, 0.15) is 38.7 Å². The van der Waals surface area contributed by atoms with E-state index in [9.17, 15) is 9.65 Å². The molecule has 3 atom stereocenters. The van der Waals surface area contributed by atoms with Gasteiger partial charge in [-0.2, -0.15) is 5.26 Å². The fourth-order valence-electron chi connectivity index (χ4n) is 3.91. The second kappa shape index (κ2) is 6.49. The largest absolute Gasteiger partial charge is 0.365 e. The van der Waals surface area contributed by atoms with Crippen LogP contribution in [0.5, 0.6) is 0 Å². The van der Waals surface area contributed by atoms with Crippen LogP contribution >= 0.6 is 0 Å². The SMILES string of the molecule is C[C@@H]1[C@H](C)CCC[C@H]1Nc1c(-c2ccc(F)cc2)nc2c(C#N)c[nH]n12. The summed E-state index contributed by atoms with van der Waals surface area (Å²) in [4.78, 5) is 4.68. The number of nitrogens with zero attached hydrogens (tertiary/aromatic N) is 3. The molecule has 4 rings (SSSR count). The van der Waals surface area contributed by atoms with Crippen molar-refractivity contribution in [3.05, 3.63) is 41.8 Å². The third kappa shape index (κ3) is 2.74. The van der Waals surface area contributed by atoms with Crippen molar-refractivity contribution in [3.63, 3.8) is 0 Å². The van der Waals surface area contributed by atoms with E-state index in [1.807, 2.05) is 4.52 Å². The number of rotatable bonds is 3. The van der Waals surface area contributed by atoms with E-state index in [1.54, 1.807) is 18.3 Å². The van der Waals surface area contributed by atoms with E-state index in [1.165, 1.54) is 25.0 Å². The molecular formula is C20H22FN5. The number of benzene rings is 1. The summed E-state index contributed by atoms with van der Waals surface area (Å²) in [5.74, 6) is 1.76. The molecule has 0 bridgehead atoms. The van der Waals surface area contributed by atoms with Crippen molar-refractivity contribution in [2.75, 3.05) is 5.32 Å². The second-order valence-corrected chi connectivity index (χ2v) is 7.29. The highest BCUT2D eigenvalue weighted by atomic mass is 19.1. The number of imidazole rings is 1. The summed E-state index contributed by atoms with van der Waals surface area (Å²) >= 11 is 0. The van der Waals surface area contributed by atoms with Crippen molar-refractivity contribution in [1.82, 2.24) is 14.6 Å². The molecule has 26 heavy (non-hydrogen) atoms. The summed E-state index contributed by atoms with van der Waals surface area (Å²) in [6.07, 6.45) is 5.22. The summed E-state index contributed by atoms with van der Waals surface area (Å²) in [6.45, 7) is 4.58. The molecule has 1 fully saturated rings. The monoisotopic (exact) mass is 351 g/mol. The molecule has 0 radical (unpaired) electrons. The molecule has 134 valence electrons. The van der Waals surface area contributed by atoms with E-state index in [0.29, 0.717) is 29.1 Å². The lowest BCUT2D eigenvalue weighted by atomic mass is 9.78. The zero-order chi connectivity index (χ0) is 18.3. The molecule has 2 N–H and O–H groups in total. The van der Waals surface area contributed by atoms with Crippen molar-refractivity contribution in [3.8, 4) is 17.3 Å². The van der Waals surface area contributed by atoms with Gasteiger partial charge in [0.1, 0.15) is 23.1 Å². The molecule has 5 nitrogen and oxygen atoms in total. The zero-order valence-electron chi connectivity index (χ0n) is 15.0. The van der Waals surface area contributed by atoms with Crippen molar-refractivity contribution in [1.29, 1.82) is 5.26 Å². The molecule has 2 heterocycles. The highest BCUT2D eigenvalue weighted by Crippen LogP contribution is 2.35. The van der Waals surface area contributed by atoms with Crippen molar-refractivity contribution in [2.45, 2.75) is 39.2 Å². The molecule has 0 aliphatic heterocycles. The Morgan fingerprint density at radius 3 is 2.77 bits per heavy atom. The predicted molar refractivity (Wildman–Crippen MR) is 99.2 cm³/mol. The van der Waals surface area contributed by atoms with Gasteiger partial charge in [-0.15, -0.1) is 0 Å². The van der Waals surface area contributed by atoms with Crippen molar-refractivity contribution in [2.24, 2.45) is 11.8 Å². The molecule has 1 saturated carbocycles. The van der Waals surface area contributed by atoms with E-state index in [-0.39, 0.29) is 5.82 Å². The minimum Gasteiger partial charge on any atom is -0.365 e. The average Bonchev–Trinajstić information content (AvgIpc) is 3.19. The maximum atomic E-state index is 13.3. The van der Waals surface area contributed by atoms with Crippen LogP contribution in [0.25, 0.3) is 16.9 Å². The van der Waals surface area contributed by atoms with Crippen LogP contribution in [0.2, 0.25) is 0 Å². The summed E-state index contributed by atoms with van der Waals surface area (Å²) < 4.78 is 15.2. The van der Waals surface area contributed by atoms with E-state index in [0.717, 1.165) is 23.5 Å². The van der Waals surface area contributed by atoms with Crippen LogP contribution < -0.4 is 5.32 Å². The first-order chi connectivity index (χ1) is 12.6. The summed E-state index contributed by atoms with van der Waals surface area (Å²) in [7, 11) is 0. The van der Waals surface area contributed by atoms with Crippen LogP contribution in [0, 0.1) is 29.0 Å². The lowest BCUT2D eigenvalue weighted by molar-refractivity contribution is 0.252. The summed E-state index contributed by atoms with van der Waals surface area (Å²) in [5.41, 5.74) is 2.64. The Balaban J connectivity index is 1.80. The van der Waals surface area contributed by atoms with Crippen LogP contribution in [-0.4, -0.2) is 20.6 Å². The van der Waals surface area contributed by atoms with Gasteiger partial charge in [0.15, 0.2) is 11.5 Å². The van der Waals surface area contributed by atoms with E-state index >= 15 is 0 Å². The molecule has 6 heteroatoms. The molecule has 0 amide bonds. The number of nitrogens with one attached hydrogen (secondary N) is 2. The molecule has 0 unspecified atom stereocenters. The number of H-pyrrole nitrogens is 1. The molecule has 1 aliphatic rings. The molecular weight excluding hydrogens is 329 g/mol. The van der Waals surface area contributed by atoms with Crippen LogP contribution in [0.15, 0.2) is 30.5 Å². The van der Waals surface area contributed by atoms with Gasteiger partial charge in [0.2, 0.25) is 0 Å². The summed E-state index contributed by atoms with van der Waals surface area (Å²) in [5, 5.41) is 16.1. The third-order valence-electron chi connectivity index (χ3n) is 5.72. The number of halogens is 1. The Bertz CT molecular complexity index is 963. The normalized spacial score (nSPS) is 23.1. The molecule has 1 aliphatic carbocycles. The Hall–Kier alpha value is -2.81. The first-order valence-corrected chi connectivity index (χ1v) is 9.11. The fourth-order valence-corrected chi connectivity index (χ4v) is 3.91. The molecule has 0 saturated heterocycles. The first kappa shape index (κ1) is 16.6. The highest BCUT2D eigenvalue weighted by molar-refractivity contribution is 5.78. The standard InChI is InChI=1S/C20H22FN5/c1-12-4-3-5-17(13(12)2)24-20-18(14-6-8-16(21)9-7-14)25-19-15(10-22)11-23-26(19)20/h6-9,11-13,17,23-24H,3-5H2,1-2H3/t12-,13-,17-/m1/s1. The number of aromatic amines is 1. The third-order valence-corrected chi connectivity index (χ3v) is 5.72. The highest BCUT2D eigenvalue weighted by Gasteiger charge is 2.29. The lowest BCUT2D eigenvalue weighted by Crippen LogP contribution is -2.35. The van der Waals surface area contributed by atoms with E-state index < -0.39 is 0 Å². The van der Waals surface area contributed by atoms with Gasteiger partial charge in [-0.1, -0.05) is 26.7 Å². The van der Waals surface area contributed by atoms with Gasteiger partial charge in [0.25, 0.3) is 0 Å². The van der Waals surface area contributed by atoms with Gasteiger partial charge < -0.3 is 5.32 Å². The first-order valence-electron chi connectivity index (χ1n) is 9.11. The lowest BCUT2D eigenvalue weighted by Gasteiger charge is -2.35. The number of fused-ring (bicyclic) bond motifs is 1. The quantitative estimate of drug-likeness (QED) is 0.726. The van der Waals surface area contributed by atoms with Crippen molar-refractivity contribution >= 4 is 11.5 Å². The maximum Gasteiger partial charge on any atom is 0.173 e. The van der Waals surface area contributed by atoms with E-state index in [4.69, 9.17) is 0 Å². The Morgan fingerprint density at radius 2 is 2.04 bits per heavy atom. The average molecular weight is 351 g/mol. The molecule has 3 aromatic rings. The smallest absolute Gasteiger partial charge is 0.173 e. The van der Waals surface area contributed by atoms with Gasteiger partial charge >= 0.3 is 0 Å². The molecule has 1 aromatic carbocycles. The van der Waals surface area contributed by atoms with Gasteiger partial charge in [-0.25, -0.2) is 13.9 Å². The maximum absolute atomic E-state index is 13.3. The van der Waals surface area contributed by atoms with Crippen LogP contribution in [-0.2, 0) is 0 Å². The second-order valence-electron chi connectivity index (χ2n) is 7.29. The van der Waals surface area contributed by atoms with Crippen molar-refractivity contribution < 1.29 is 4.39 Å². The Morgan fingerprint density at radius 1 is 1.27 bits per heavy atom. The topological polar surface area (TPSA) is 68.9 Å². The number of aromatic nitrogens is 3. The number of anilines is 1. The minimum atomic E-state index is -0.277. The fraction of sp³-hybridized carbons (Fsp3) is 0.400. The molecule has 0 spiro atoms. The predicted octanol–water partition coefficient (Wildman–Crippen LogP) is 4.58. The summed E-state index contributed by atoms with van der Waals surface area (Å²) in [6, 6.07) is 8.82. The zero-order valence-corrected chi connectivity index (χ0v) is 15.0. The van der Waals surface area contributed by atoms with Gasteiger partial charge in [0.05, 0.1) is 0 Å². The number of hydrogen-bond acceptors (Lipinski definition) is 3. The Labute approximate surface area is 151 Å². The number of nitriles is 1. The Kier molecular flexibility index (Phi) is 4.15. The minimum absolute atomic E-state index is 0.277. The van der Waals surface area contributed by atoms with E-state index in [2.05, 4.69) is 35.3 Å². The molecule has 2 aromatic heterocycles. The van der Waals surface area contributed by atoms with Crippen LogP contribution in [0.4, 0.5) is 10.2 Å². The van der Waals surface area contributed by atoms with Gasteiger partial charge in [-0.3, -0.25) is 5.10 Å². The number of hydrogen-bond donors (Lipinski definition) is 2.